The largest absolute Gasteiger partial charge is 0.339 e. The SMILES string of the molecule is CCC(CC)N(C)C(=O)c1cc(C)ccc1F. The van der Waals surface area contributed by atoms with Gasteiger partial charge in [0.2, 0.25) is 0 Å². The molecular formula is C14H20FNO. The van der Waals surface area contributed by atoms with Gasteiger partial charge in [-0.25, -0.2) is 4.39 Å². The van der Waals surface area contributed by atoms with E-state index in [1.54, 1.807) is 24.1 Å². The highest BCUT2D eigenvalue weighted by Gasteiger charge is 2.20. The molecule has 0 saturated heterocycles. The Labute approximate surface area is 102 Å². The number of aryl methyl sites for hydroxylation is 1. The van der Waals surface area contributed by atoms with Gasteiger partial charge >= 0.3 is 0 Å². The molecule has 0 atom stereocenters. The van der Waals surface area contributed by atoms with Gasteiger partial charge in [-0.1, -0.05) is 25.5 Å². The third-order valence-corrected chi connectivity index (χ3v) is 3.16. The standard InChI is InChI=1S/C14H20FNO/c1-5-11(6-2)16(4)14(17)12-9-10(3)7-8-13(12)15/h7-9,11H,5-6H2,1-4H3. The molecule has 0 N–H and O–H groups in total. The molecule has 1 rings (SSSR count). The molecule has 2 nitrogen and oxygen atoms in total. The molecule has 0 spiro atoms. The Morgan fingerprint density at radius 1 is 1.35 bits per heavy atom. The minimum Gasteiger partial charge on any atom is -0.339 e. The van der Waals surface area contributed by atoms with E-state index in [1.807, 2.05) is 20.8 Å². The zero-order chi connectivity index (χ0) is 13.0. The molecule has 1 aromatic carbocycles. The van der Waals surface area contributed by atoms with Gasteiger partial charge in [0.15, 0.2) is 0 Å². The van der Waals surface area contributed by atoms with Gasteiger partial charge in [0.1, 0.15) is 5.82 Å². The number of halogens is 1. The van der Waals surface area contributed by atoms with Gasteiger partial charge < -0.3 is 4.90 Å². The first-order chi connectivity index (χ1) is 8.01. The number of carbonyl (C=O) groups excluding carboxylic acids is 1. The average molecular weight is 237 g/mol. The van der Waals surface area contributed by atoms with Crippen LogP contribution in [-0.2, 0) is 0 Å². The molecule has 94 valence electrons. The van der Waals surface area contributed by atoms with Crippen LogP contribution in [0.25, 0.3) is 0 Å². The van der Waals surface area contributed by atoms with Gasteiger partial charge in [0, 0.05) is 13.1 Å². The summed E-state index contributed by atoms with van der Waals surface area (Å²) in [6.45, 7) is 5.92. The Morgan fingerprint density at radius 2 is 1.94 bits per heavy atom. The summed E-state index contributed by atoms with van der Waals surface area (Å²) in [5, 5.41) is 0. The molecule has 0 aliphatic heterocycles. The Morgan fingerprint density at radius 3 is 2.47 bits per heavy atom. The number of carbonyl (C=O) groups is 1. The molecule has 0 aromatic heterocycles. The van der Waals surface area contributed by atoms with Crippen LogP contribution in [0, 0.1) is 12.7 Å². The summed E-state index contributed by atoms with van der Waals surface area (Å²) in [5.74, 6) is -0.682. The van der Waals surface area contributed by atoms with Crippen molar-refractivity contribution in [1.82, 2.24) is 4.90 Å². The van der Waals surface area contributed by atoms with Crippen molar-refractivity contribution in [3.8, 4) is 0 Å². The topological polar surface area (TPSA) is 20.3 Å². The van der Waals surface area contributed by atoms with Crippen LogP contribution >= 0.6 is 0 Å². The number of hydrogen-bond donors (Lipinski definition) is 0. The van der Waals surface area contributed by atoms with Gasteiger partial charge in [-0.15, -0.1) is 0 Å². The van der Waals surface area contributed by atoms with E-state index in [1.165, 1.54) is 6.07 Å². The van der Waals surface area contributed by atoms with E-state index < -0.39 is 5.82 Å². The van der Waals surface area contributed by atoms with Crippen LogP contribution in [0.4, 0.5) is 4.39 Å². The Bertz CT molecular complexity index is 399. The van der Waals surface area contributed by atoms with Gasteiger partial charge in [-0.2, -0.15) is 0 Å². The maximum absolute atomic E-state index is 13.6. The molecule has 0 aliphatic rings. The summed E-state index contributed by atoms with van der Waals surface area (Å²) >= 11 is 0. The zero-order valence-corrected chi connectivity index (χ0v) is 11.0. The minimum absolute atomic E-state index is 0.166. The van der Waals surface area contributed by atoms with Crippen LogP contribution in [0.1, 0.15) is 42.6 Å². The van der Waals surface area contributed by atoms with E-state index in [0.717, 1.165) is 18.4 Å². The van der Waals surface area contributed by atoms with Crippen LogP contribution in [0.5, 0.6) is 0 Å². The smallest absolute Gasteiger partial charge is 0.256 e. The maximum atomic E-state index is 13.6. The lowest BCUT2D eigenvalue weighted by Crippen LogP contribution is -2.36. The van der Waals surface area contributed by atoms with Crippen molar-refractivity contribution in [2.45, 2.75) is 39.7 Å². The van der Waals surface area contributed by atoms with E-state index in [9.17, 15) is 9.18 Å². The van der Waals surface area contributed by atoms with E-state index in [-0.39, 0.29) is 17.5 Å². The van der Waals surface area contributed by atoms with Crippen molar-refractivity contribution in [3.63, 3.8) is 0 Å². The van der Waals surface area contributed by atoms with Crippen molar-refractivity contribution in [3.05, 3.63) is 35.1 Å². The third-order valence-electron chi connectivity index (χ3n) is 3.16. The van der Waals surface area contributed by atoms with Crippen LogP contribution in [0.2, 0.25) is 0 Å². The molecule has 0 fully saturated rings. The predicted molar refractivity (Wildman–Crippen MR) is 67.6 cm³/mol. The van der Waals surface area contributed by atoms with Gasteiger partial charge in [0.25, 0.3) is 5.91 Å². The highest BCUT2D eigenvalue weighted by Crippen LogP contribution is 2.15. The summed E-state index contributed by atoms with van der Waals surface area (Å²) in [6, 6.07) is 4.80. The number of hydrogen-bond acceptors (Lipinski definition) is 1. The van der Waals surface area contributed by atoms with Crippen LogP contribution < -0.4 is 0 Å². The highest BCUT2D eigenvalue weighted by molar-refractivity contribution is 5.94. The third kappa shape index (κ3) is 3.05. The molecule has 0 heterocycles. The lowest BCUT2D eigenvalue weighted by atomic mass is 10.1. The fraction of sp³-hybridized carbons (Fsp3) is 0.500. The van der Waals surface area contributed by atoms with Gasteiger partial charge in [0.05, 0.1) is 5.56 Å². The number of benzene rings is 1. The minimum atomic E-state index is -0.446. The summed E-state index contributed by atoms with van der Waals surface area (Å²) < 4.78 is 13.6. The number of rotatable bonds is 4. The Balaban J connectivity index is 2.99. The molecular weight excluding hydrogens is 217 g/mol. The second kappa shape index (κ2) is 5.80. The van der Waals surface area contributed by atoms with Crippen molar-refractivity contribution in [2.75, 3.05) is 7.05 Å². The van der Waals surface area contributed by atoms with Crippen LogP contribution in [-0.4, -0.2) is 23.9 Å². The summed E-state index contributed by atoms with van der Waals surface area (Å²) in [6.07, 6.45) is 1.76. The van der Waals surface area contributed by atoms with Crippen LogP contribution in [0.15, 0.2) is 18.2 Å². The second-order valence-corrected chi connectivity index (χ2v) is 4.37. The summed E-state index contributed by atoms with van der Waals surface area (Å²) in [5.41, 5.74) is 1.06. The molecule has 0 saturated carbocycles. The van der Waals surface area contributed by atoms with Crippen molar-refractivity contribution in [2.24, 2.45) is 0 Å². The zero-order valence-electron chi connectivity index (χ0n) is 11.0. The lowest BCUT2D eigenvalue weighted by Gasteiger charge is -2.26. The van der Waals surface area contributed by atoms with Crippen LogP contribution in [0.3, 0.4) is 0 Å². The molecule has 1 aromatic rings. The average Bonchev–Trinajstić information content (AvgIpc) is 2.32. The fourth-order valence-electron chi connectivity index (χ4n) is 2.00. The molecule has 0 aliphatic carbocycles. The van der Waals surface area contributed by atoms with Crippen molar-refractivity contribution in [1.29, 1.82) is 0 Å². The first-order valence-corrected chi connectivity index (χ1v) is 6.04. The highest BCUT2D eigenvalue weighted by atomic mass is 19.1. The van der Waals surface area contributed by atoms with Gasteiger partial charge in [-0.3, -0.25) is 4.79 Å². The van der Waals surface area contributed by atoms with E-state index in [0.29, 0.717) is 0 Å². The number of nitrogens with zero attached hydrogens (tertiary/aromatic N) is 1. The summed E-state index contributed by atoms with van der Waals surface area (Å²) in [4.78, 5) is 13.8. The molecule has 0 radical (unpaired) electrons. The van der Waals surface area contributed by atoms with Crippen molar-refractivity contribution >= 4 is 5.91 Å². The Hall–Kier alpha value is -1.38. The first kappa shape index (κ1) is 13.7. The maximum Gasteiger partial charge on any atom is 0.256 e. The molecule has 0 unspecified atom stereocenters. The molecule has 0 bridgehead atoms. The quantitative estimate of drug-likeness (QED) is 0.786. The molecule has 3 heteroatoms. The first-order valence-electron chi connectivity index (χ1n) is 6.04. The van der Waals surface area contributed by atoms with Gasteiger partial charge in [-0.05, 0) is 31.9 Å². The normalized spacial score (nSPS) is 10.7. The van der Waals surface area contributed by atoms with Crippen molar-refractivity contribution < 1.29 is 9.18 Å². The Kier molecular flexibility index (Phi) is 4.67. The van der Waals surface area contributed by atoms with E-state index in [4.69, 9.17) is 0 Å². The summed E-state index contributed by atoms with van der Waals surface area (Å²) in [7, 11) is 1.74. The second-order valence-electron chi connectivity index (χ2n) is 4.37. The van der Waals surface area contributed by atoms with E-state index >= 15 is 0 Å². The monoisotopic (exact) mass is 237 g/mol. The fourth-order valence-corrected chi connectivity index (χ4v) is 2.00. The number of amides is 1. The molecule has 17 heavy (non-hydrogen) atoms. The molecule has 1 amide bonds. The predicted octanol–water partition coefficient (Wildman–Crippen LogP) is 3.39. The lowest BCUT2D eigenvalue weighted by molar-refractivity contribution is 0.0719. The van der Waals surface area contributed by atoms with E-state index in [2.05, 4.69) is 0 Å².